The Balaban J connectivity index is 2.20. The summed E-state index contributed by atoms with van der Waals surface area (Å²) in [5.41, 5.74) is 0.952. The van der Waals surface area contributed by atoms with Crippen LogP contribution in [-0.4, -0.2) is 35.4 Å². The molecule has 5 nitrogen and oxygen atoms in total. The maximum absolute atomic E-state index is 13.1. The second-order valence-electron chi connectivity index (χ2n) is 7.11. The van der Waals surface area contributed by atoms with Crippen molar-refractivity contribution in [3.05, 3.63) is 63.6 Å². The van der Waals surface area contributed by atoms with E-state index in [1.807, 2.05) is 51.1 Å². The van der Waals surface area contributed by atoms with Gasteiger partial charge >= 0.3 is 0 Å². The van der Waals surface area contributed by atoms with Crippen LogP contribution in [0.25, 0.3) is 0 Å². The average Bonchev–Trinajstić information content (AvgIpc) is 2.73. The summed E-state index contributed by atoms with van der Waals surface area (Å²) in [4.78, 5) is 27.6. The van der Waals surface area contributed by atoms with E-state index < -0.39 is 6.04 Å². The smallest absolute Gasteiger partial charge is 0.261 e. The summed E-state index contributed by atoms with van der Waals surface area (Å²) in [5, 5.41) is 3.56. The first-order valence-electron chi connectivity index (χ1n) is 10.1. The van der Waals surface area contributed by atoms with Gasteiger partial charge in [-0.25, -0.2) is 0 Å². The fourth-order valence-electron chi connectivity index (χ4n) is 2.96. The molecule has 0 unspecified atom stereocenters. The van der Waals surface area contributed by atoms with Gasteiger partial charge in [-0.15, -0.1) is 0 Å². The zero-order valence-corrected chi connectivity index (χ0v) is 19.9. The van der Waals surface area contributed by atoms with Gasteiger partial charge in [-0.05, 0) is 59.5 Å². The molecule has 2 amide bonds. The van der Waals surface area contributed by atoms with Crippen LogP contribution >= 0.6 is 27.5 Å². The van der Waals surface area contributed by atoms with Crippen molar-refractivity contribution in [3.8, 4) is 5.75 Å². The van der Waals surface area contributed by atoms with Gasteiger partial charge in [0.25, 0.3) is 5.91 Å². The summed E-state index contributed by atoms with van der Waals surface area (Å²) in [5.74, 6) is 0.111. The van der Waals surface area contributed by atoms with E-state index in [0.29, 0.717) is 28.2 Å². The van der Waals surface area contributed by atoms with Gasteiger partial charge in [0.1, 0.15) is 11.8 Å². The molecule has 0 radical (unpaired) electrons. The molecule has 162 valence electrons. The first kappa shape index (κ1) is 24.2. The number of hydrogen-bond acceptors (Lipinski definition) is 3. The van der Waals surface area contributed by atoms with Gasteiger partial charge in [-0.2, -0.15) is 0 Å². The van der Waals surface area contributed by atoms with Crippen LogP contribution in [0.5, 0.6) is 5.75 Å². The van der Waals surface area contributed by atoms with Crippen molar-refractivity contribution in [3.63, 3.8) is 0 Å². The highest BCUT2D eigenvalue weighted by molar-refractivity contribution is 9.10. The monoisotopic (exact) mass is 494 g/mol. The highest BCUT2D eigenvalue weighted by Crippen LogP contribution is 2.28. The predicted octanol–water partition coefficient (Wildman–Crippen LogP) is 5.20. The lowest BCUT2D eigenvalue weighted by Crippen LogP contribution is -2.51. The minimum Gasteiger partial charge on any atom is -0.483 e. The second kappa shape index (κ2) is 12.0. The van der Waals surface area contributed by atoms with Gasteiger partial charge in [0.15, 0.2) is 6.61 Å². The van der Waals surface area contributed by atoms with Gasteiger partial charge in [-0.3, -0.25) is 9.59 Å². The molecule has 0 bridgehead atoms. The van der Waals surface area contributed by atoms with Crippen molar-refractivity contribution < 1.29 is 14.3 Å². The molecule has 0 saturated heterocycles. The number of hydrogen-bond donors (Lipinski definition) is 1. The van der Waals surface area contributed by atoms with E-state index in [9.17, 15) is 9.59 Å². The molecule has 0 aliphatic carbocycles. The minimum absolute atomic E-state index is 0.0431. The Hall–Kier alpha value is -2.05. The number of carbonyl (C=O) groups is 2. The van der Waals surface area contributed by atoms with Crippen molar-refractivity contribution in [2.45, 2.75) is 52.2 Å². The van der Waals surface area contributed by atoms with E-state index in [0.717, 1.165) is 12.0 Å². The molecule has 30 heavy (non-hydrogen) atoms. The Kier molecular flexibility index (Phi) is 9.66. The van der Waals surface area contributed by atoms with Gasteiger partial charge in [0.05, 0.1) is 4.47 Å². The third-order valence-electron chi connectivity index (χ3n) is 4.83. The molecular formula is C23H28BrClN2O3. The quantitative estimate of drug-likeness (QED) is 0.493. The maximum Gasteiger partial charge on any atom is 0.261 e. The van der Waals surface area contributed by atoms with Crippen molar-refractivity contribution in [1.82, 2.24) is 10.2 Å². The first-order valence-corrected chi connectivity index (χ1v) is 11.2. The number of benzene rings is 2. The largest absolute Gasteiger partial charge is 0.483 e. The third kappa shape index (κ3) is 7.03. The summed E-state index contributed by atoms with van der Waals surface area (Å²) < 4.78 is 6.39. The van der Waals surface area contributed by atoms with Crippen LogP contribution in [0.4, 0.5) is 0 Å². The summed E-state index contributed by atoms with van der Waals surface area (Å²) in [7, 11) is 0. The van der Waals surface area contributed by atoms with E-state index in [1.54, 1.807) is 23.1 Å². The van der Waals surface area contributed by atoms with E-state index in [1.165, 1.54) is 0 Å². The van der Waals surface area contributed by atoms with Gasteiger partial charge in [-0.1, -0.05) is 55.8 Å². The highest BCUT2D eigenvalue weighted by Gasteiger charge is 2.29. The van der Waals surface area contributed by atoms with Gasteiger partial charge < -0.3 is 15.0 Å². The molecule has 0 aliphatic rings. The fraction of sp³-hybridized carbons (Fsp3) is 0.391. The molecular weight excluding hydrogens is 468 g/mol. The third-order valence-corrected chi connectivity index (χ3v) is 5.68. The number of carbonyl (C=O) groups excluding carboxylic acids is 2. The summed E-state index contributed by atoms with van der Waals surface area (Å²) >= 11 is 9.35. The zero-order valence-electron chi connectivity index (χ0n) is 17.5. The van der Waals surface area contributed by atoms with Crippen molar-refractivity contribution >= 4 is 39.3 Å². The number of amides is 2. The van der Waals surface area contributed by atoms with Crippen LogP contribution in [0, 0.1) is 0 Å². The summed E-state index contributed by atoms with van der Waals surface area (Å²) in [6.07, 6.45) is 1.33. The van der Waals surface area contributed by atoms with Gasteiger partial charge in [0.2, 0.25) is 5.91 Å². The Morgan fingerprint density at radius 2 is 1.83 bits per heavy atom. The van der Waals surface area contributed by atoms with Crippen molar-refractivity contribution in [1.29, 1.82) is 0 Å². The molecule has 2 aromatic carbocycles. The molecule has 2 atom stereocenters. The predicted molar refractivity (Wildman–Crippen MR) is 124 cm³/mol. The number of nitrogens with one attached hydrogen (secondary N) is 1. The van der Waals surface area contributed by atoms with E-state index in [2.05, 4.69) is 21.2 Å². The van der Waals surface area contributed by atoms with Crippen molar-refractivity contribution in [2.75, 3.05) is 6.61 Å². The lowest BCUT2D eigenvalue weighted by molar-refractivity contribution is -0.143. The molecule has 0 fully saturated rings. The molecule has 1 N–H and O–H groups in total. The Bertz CT molecular complexity index is 848. The summed E-state index contributed by atoms with van der Waals surface area (Å²) in [6.45, 7) is 6.02. The first-order chi connectivity index (χ1) is 14.3. The van der Waals surface area contributed by atoms with Gasteiger partial charge in [0, 0.05) is 17.6 Å². The lowest BCUT2D eigenvalue weighted by atomic mass is 10.1. The molecule has 0 saturated carbocycles. The Morgan fingerprint density at radius 1 is 1.13 bits per heavy atom. The highest BCUT2D eigenvalue weighted by atomic mass is 79.9. The molecule has 2 rings (SSSR count). The lowest BCUT2D eigenvalue weighted by Gasteiger charge is -2.31. The zero-order chi connectivity index (χ0) is 22.1. The van der Waals surface area contributed by atoms with Crippen molar-refractivity contribution in [2.24, 2.45) is 0 Å². The van der Waals surface area contributed by atoms with Crippen LogP contribution in [0.1, 0.15) is 39.2 Å². The minimum atomic E-state index is -0.580. The van der Waals surface area contributed by atoms with E-state index in [4.69, 9.17) is 16.3 Å². The fourth-order valence-corrected chi connectivity index (χ4v) is 3.75. The molecule has 0 aliphatic heterocycles. The topological polar surface area (TPSA) is 58.6 Å². The average molecular weight is 496 g/mol. The number of halogens is 2. The van der Waals surface area contributed by atoms with Crippen LogP contribution in [0.3, 0.4) is 0 Å². The van der Waals surface area contributed by atoms with Crippen LogP contribution in [0.15, 0.2) is 53.0 Å². The molecule has 0 heterocycles. The van der Waals surface area contributed by atoms with E-state index in [-0.39, 0.29) is 24.5 Å². The van der Waals surface area contributed by atoms with Crippen LogP contribution in [0.2, 0.25) is 5.02 Å². The standard InChI is InChI=1S/C23H28BrClN2O3/c1-4-16(3)26-23(29)20(5-2)27(14-17-9-7-6-8-10-17)22(28)15-30-21-12-11-18(25)13-19(21)24/h6-13,16,20H,4-5,14-15H2,1-3H3,(H,26,29)/t16-,20-/m1/s1. The number of rotatable bonds is 10. The summed E-state index contributed by atoms with van der Waals surface area (Å²) in [6, 6.07) is 14.2. The van der Waals surface area contributed by atoms with E-state index >= 15 is 0 Å². The SMILES string of the molecule is CC[C@@H](C)NC(=O)[C@@H](CC)N(Cc1ccccc1)C(=O)COc1ccc(Cl)cc1Br. The van der Waals surface area contributed by atoms with Crippen LogP contribution in [-0.2, 0) is 16.1 Å². The normalized spacial score (nSPS) is 12.7. The molecule has 7 heteroatoms. The Morgan fingerprint density at radius 3 is 2.43 bits per heavy atom. The van der Waals surface area contributed by atoms with Crippen LogP contribution < -0.4 is 10.1 Å². The Labute approximate surface area is 191 Å². The second-order valence-corrected chi connectivity index (χ2v) is 8.40. The number of nitrogens with zero attached hydrogens (tertiary/aromatic N) is 1. The maximum atomic E-state index is 13.1. The molecule has 2 aromatic rings. The molecule has 0 aromatic heterocycles. The molecule has 0 spiro atoms. The number of ether oxygens (including phenoxy) is 1.